The lowest BCUT2D eigenvalue weighted by molar-refractivity contribution is 0.999. The fourth-order valence-electron chi connectivity index (χ4n) is 3.03. The van der Waals surface area contributed by atoms with Crippen LogP contribution in [0.4, 0.5) is 11.4 Å². The largest absolute Gasteiger partial charge is 0.340 e. The summed E-state index contributed by atoms with van der Waals surface area (Å²) in [6.07, 6.45) is 1.13. The second-order valence-corrected chi connectivity index (χ2v) is 5.03. The van der Waals surface area contributed by atoms with Crippen molar-refractivity contribution in [2.45, 2.75) is 6.42 Å². The number of rotatable bonds is 1. The first-order valence-corrected chi connectivity index (χ1v) is 6.77. The van der Waals surface area contributed by atoms with Gasteiger partial charge < -0.3 is 4.90 Å². The summed E-state index contributed by atoms with van der Waals surface area (Å²) in [6, 6.07) is 23.9. The number of anilines is 2. The van der Waals surface area contributed by atoms with Gasteiger partial charge in [-0.1, -0.05) is 54.6 Å². The van der Waals surface area contributed by atoms with Crippen molar-refractivity contribution in [3.63, 3.8) is 0 Å². The Labute approximate surface area is 113 Å². The summed E-state index contributed by atoms with van der Waals surface area (Å²) in [5.41, 5.74) is 4.14. The molecule has 1 aliphatic rings. The molecule has 0 aliphatic carbocycles. The van der Waals surface area contributed by atoms with E-state index in [2.05, 4.69) is 71.6 Å². The van der Waals surface area contributed by atoms with E-state index < -0.39 is 0 Å². The van der Waals surface area contributed by atoms with Crippen molar-refractivity contribution in [1.29, 1.82) is 0 Å². The zero-order chi connectivity index (χ0) is 12.7. The quantitative estimate of drug-likeness (QED) is 0.608. The first kappa shape index (κ1) is 10.6. The average Bonchev–Trinajstić information content (AvgIpc) is 2.92. The molecule has 4 rings (SSSR count). The van der Waals surface area contributed by atoms with Crippen LogP contribution in [-0.4, -0.2) is 6.54 Å². The Morgan fingerprint density at radius 2 is 1.53 bits per heavy atom. The van der Waals surface area contributed by atoms with E-state index in [1.165, 1.54) is 27.7 Å². The van der Waals surface area contributed by atoms with E-state index in [0.717, 1.165) is 13.0 Å². The highest BCUT2D eigenvalue weighted by Crippen LogP contribution is 2.39. The Balaban J connectivity index is 1.97. The Morgan fingerprint density at radius 3 is 2.42 bits per heavy atom. The smallest absolute Gasteiger partial charge is 0.0523 e. The van der Waals surface area contributed by atoms with Gasteiger partial charge in [0.2, 0.25) is 0 Å². The molecular weight excluding hydrogens is 230 g/mol. The maximum atomic E-state index is 2.44. The summed E-state index contributed by atoms with van der Waals surface area (Å²) in [4.78, 5) is 2.44. The normalized spacial score (nSPS) is 13.8. The first-order valence-electron chi connectivity index (χ1n) is 6.77. The van der Waals surface area contributed by atoms with Gasteiger partial charge in [-0.2, -0.15) is 0 Å². The van der Waals surface area contributed by atoms with Gasteiger partial charge in [0.15, 0.2) is 0 Å². The summed E-state index contributed by atoms with van der Waals surface area (Å²) in [6.45, 7) is 1.08. The topological polar surface area (TPSA) is 3.24 Å². The molecule has 1 heteroatoms. The van der Waals surface area contributed by atoms with Crippen LogP contribution in [0.3, 0.4) is 0 Å². The molecule has 0 fully saturated rings. The van der Waals surface area contributed by atoms with Crippen molar-refractivity contribution in [2.24, 2.45) is 0 Å². The number of fused-ring (bicyclic) bond motifs is 3. The highest BCUT2D eigenvalue weighted by Gasteiger charge is 2.22. The molecule has 0 unspecified atom stereocenters. The summed E-state index contributed by atoms with van der Waals surface area (Å²) < 4.78 is 0. The van der Waals surface area contributed by atoms with Crippen molar-refractivity contribution < 1.29 is 0 Å². The van der Waals surface area contributed by atoms with Crippen LogP contribution in [-0.2, 0) is 6.42 Å². The zero-order valence-electron chi connectivity index (χ0n) is 10.7. The van der Waals surface area contributed by atoms with Crippen LogP contribution in [0.5, 0.6) is 0 Å². The van der Waals surface area contributed by atoms with Gasteiger partial charge in [-0.3, -0.25) is 0 Å². The minimum absolute atomic E-state index is 1.08. The lowest BCUT2D eigenvalue weighted by Crippen LogP contribution is -2.13. The summed E-state index contributed by atoms with van der Waals surface area (Å²) in [5.74, 6) is 0. The third-order valence-corrected chi connectivity index (χ3v) is 3.93. The summed E-state index contributed by atoms with van der Waals surface area (Å²) in [5, 5.41) is 2.69. The number of para-hydroxylation sites is 1. The Bertz CT molecular complexity index is 731. The van der Waals surface area contributed by atoms with Gasteiger partial charge in [0.25, 0.3) is 0 Å². The molecule has 1 aliphatic heterocycles. The molecule has 0 amide bonds. The SMILES string of the molecule is c1ccc(N2CCc3ccc4ccccc4c32)cc1. The Hall–Kier alpha value is -2.28. The van der Waals surface area contributed by atoms with Gasteiger partial charge >= 0.3 is 0 Å². The number of hydrogen-bond acceptors (Lipinski definition) is 1. The second-order valence-electron chi connectivity index (χ2n) is 5.03. The Morgan fingerprint density at radius 1 is 0.737 bits per heavy atom. The van der Waals surface area contributed by atoms with Crippen LogP contribution in [0.15, 0.2) is 66.7 Å². The first-order chi connectivity index (χ1) is 9.43. The molecule has 0 saturated carbocycles. The molecule has 0 radical (unpaired) electrons. The number of nitrogens with zero attached hydrogens (tertiary/aromatic N) is 1. The van der Waals surface area contributed by atoms with E-state index in [4.69, 9.17) is 0 Å². The predicted octanol–water partition coefficient (Wildman–Crippen LogP) is 4.53. The number of benzene rings is 3. The third kappa shape index (κ3) is 1.62. The molecule has 0 saturated heterocycles. The molecule has 19 heavy (non-hydrogen) atoms. The molecule has 92 valence electrons. The lowest BCUT2D eigenvalue weighted by Gasteiger charge is -2.21. The fourth-order valence-corrected chi connectivity index (χ4v) is 3.03. The van der Waals surface area contributed by atoms with Crippen molar-refractivity contribution in [3.8, 4) is 0 Å². The maximum Gasteiger partial charge on any atom is 0.0523 e. The Kier molecular flexibility index (Phi) is 2.31. The van der Waals surface area contributed by atoms with Crippen molar-refractivity contribution in [3.05, 3.63) is 72.3 Å². The third-order valence-electron chi connectivity index (χ3n) is 3.93. The van der Waals surface area contributed by atoms with Gasteiger partial charge in [0, 0.05) is 17.6 Å². The van der Waals surface area contributed by atoms with Crippen LogP contribution in [0, 0.1) is 0 Å². The van der Waals surface area contributed by atoms with Gasteiger partial charge in [0.05, 0.1) is 5.69 Å². The van der Waals surface area contributed by atoms with Crippen molar-refractivity contribution in [2.75, 3.05) is 11.4 Å². The van der Waals surface area contributed by atoms with E-state index in [1.807, 2.05) is 0 Å². The molecule has 1 heterocycles. The monoisotopic (exact) mass is 245 g/mol. The standard InChI is InChI=1S/C18H15N/c1-2-7-16(8-3-1)19-13-12-15-11-10-14-6-4-5-9-17(14)18(15)19/h1-11H,12-13H2. The minimum Gasteiger partial charge on any atom is -0.340 e. The molecule has 3 aromatic rings. The minimum atomic E-state index is 1.08. The van der Waals surface area contributed by atoms with Crippen LogP contribution < -0.4 is 4.90 Å². The van der Waals surface area contributed by atoms with Crippen LogP contribution in [0.1, 0.15) is 5.56 Å². The summed E-state index contributed by atoms with van der Waals surface area (Å²) >= 11 is 0. The van der Waals surface area contributed by atoms with E-state index in [-0.39, 0.29) is 0 Å². The van der Waals surface area contributed by atoms with Gasteiger partial charge in [-0.15, -0.1) is 0 Å². The van der Waals surface area contributed by atoms with E-state index in [0.29, 0.717) is 0 Å². The van der Waals surface area contributed by atoms with Crippen LogP contribution in [0.25, 0.3) is 10.8 Å². The molecule has 1 nitrogen and oxygen atoms in total. The molecule has 0 spiro atoms. The average molecular weight is 245 g/mol. The highest BCUT2D eigenvalue weighted by molar-refractivity contribution is 5.98. The van der Waals surface area contributed by atoms with Gasteiger partial charge in [-0.05, 0) is 29.5 Å². The van der Waals surface area contributed by atoms with Gasteiger partial charge in [0.1, 0.15) is 0 Å². The molecule has 0 N–H and O–H groups in total. The van der Waals surface area contributed by atoms with E-state index in [9.17, 15) is 0 Å². The molecule has 0 aromatic heterocycles. The van der Waals surface area contributed by atoms with E-state index >= 15 is 0 Å². The molecule has 0 bridgehead atoms. The van der Waals surface area contributed by atoms with Crippen molar-refractivity contribution >= 4 is 22.1 Å². The zero-order valence-corrected chi connectivity index (χ0v) is 10.7. The van der Waals surface area contributed by atoms with Crippen molar-refractivity contribution in [1.82, 2.24) is 0 Å². The predicted molar refractivity (Wildman–Crippen MR) is 81.1 cm³/mol. The van der Waals surface area contributed by atoms with Gasteiger partial charge in [-0.25, -0.2) is 0 Å². The van der Waals surface area contributed by atoms with Crippen LogP contribution >= 0.6 is 0 Å². The second kappa shape index (κ2) is 4.13. The van der Waals surface area contributed by atoms with E-state index in [1.54, 1.807) is 0 Å². The highest BCUT2D eigenvalue weighted by atomic mass is 15.2. The molecular formula is C18H15N. The number of hydrogen-bond donors (Lipinski definition) is 0. The van der Waals surface area contributed by atoms with Crippen LogP contribution in [0.2, 0.25) is 0 Å². The lowest BCUT2D eigenvalue weighted by atomic mass is 10.0. The molecule has 3 aromatic carbocycles. The maximum absolute atomic E-state index is 2.44. The summed E-state index contributed by atoms with van der Waals surface area (Å²) in [7, 11) is 0. The molecule has 0 atom stereocenters. The fraction of sp³-hybridized carbons (Fsp3) is 0.111.